The Balaban J connectivity index is 1.91. The molecule has 1 amide bonds. The SMILES string of the molecule is CCC(Cc1ccccc1Br)C(=O)NC1CCC(N)CC1. The van der Waals surface area contributed by atoms with Crippen molar-refractivity contribution in [1.29, 1.82) is 0 Å². The Morgan fingerprint density at radius 1 is 1.33 bits per heavy atom. The van der Waals surface area contributed by atoms with Crippen LogP contribution < -0.4 is 11.1 Å². The molecule has 0 bridgehead atoms. The third-order valence-corrected chi connectivity index (χ3v) is 5.18. The van der Waals surface area contributed by atoms with Crippen LogP contribution in [-0.4, -0.2) is 18.0 Å². The van der Waals surface area contributed by atoms with Crippen LogP contribution in [0, 0.1) is 5.92 Å². The Bertz CT molecular complexity index is 470. The van der Waals surface area contributed by atoms with E-state index in [1.807, 2.05) is 18.2 Å². The molecule has 21 heavy (non-hydrogen) atoms. The van der Waals surface area contributed by atoms with Gasteiger partial charge in [-0.1, -0.05) is 41.1 Å². The lowest BCUT2D eigenvalue weighted by Gasteiger charge is -2.28. The van der Waals surface area contributed by atoms with Gasteiger partial charge in [-0.3, -0.25) is 4.79 Å². The van der Waals surface area contributed by atoms with Crippen LogP contribution in [0.2, 0.25) is 0 Å². The van der Waals surface area contributed by atoms with Gasteiger partial charge in [0.05, 0.1) is 0 Å². The van der Waals surface area contributed by atoms with Gasteiger partial charge in [0.25, 0.3) is 0 Å². The van der Waals surface area contributed by atoms with Crippen LogP contribution in [0.4, 0.5) is 0 Å². The van der Waals surface area contributed by atoms with E-state index in [1.54, 1.807) is 0 Å². The summed E-state index contributed by atoms with van der Waals surface area (Å²) in [5, 5.41) is 3.22. The van der Waals surface area contributed by atoms with E-state index in [4.69, 9.17) is 5.73 Å². The molecule has 0 heterocycles. The molecule has 1 unspecified atom stereocenters. The predicted octanol–water partition coefficient (Wildman–Crippen LogP) is 3.40. The van der Waals surface area contributed by atoms with Crippen molar-refractivity contribution in [1.82, 2.24) is 5.32 Å². The fourth-order valence-electron chi connectivity index (χ4n) is 2.93. The molecule has 0 aliphatic heterocycles. The molecular weight excluding hydrogens is 328 g/mol. The van der Waals surface area contributed by atoms with Crippen molar-refractivity contribution < 1.29 is 4.79 Å². The lowest BCUT2D eigenvalue weighted by molar-refractivity contribution is -0.126. The number of carbonyl (C=O) groups is 1. The summed E-state index contributed by atoms with van der Waals surface area (Å²) in [4.78, 5) is 12.5. The van der Waals surface area contributed by atoms with E-state index in [0.717, 1.165) is 43.0 Å². The minimum atomic E-state index is 0.0410. The first-order valence-corrected chi connectivity index (χ1v) is 8.68. The highest BCUT2D eigenvalue weighted by Crippen LogP contribution is 2.22. The normalized spacial score (nSPS) is 23.6. The minimum Gasteiger partial charge on any atom is -0.353 e. The number of halogens is 1. The van der Waals surface area contributed by atoms with E-state index in [0.29, 0.717) is 12.1 Å². The van der Waals surface area contributed by atoms with Crippen LogP contribution in [0.3, 0.4) is 0 Å². The van der Waals surface area contributed by atoms with Crippen LogP contribution in [-0.2, 0) is 11.2 Å². The first-order chi connectivity index (χ1) is 10.1. The number of hydrogen-bond acceptors (Lipinski definition) is 2. The quantitative estimate of drug-likeness (QED) is 0.852. The number of nitrogens with one attached hydrogen (secondary N) is 1. The molecule has 4 heteroatoms. The van der Waals surface area contributed by atoms with Crippen molar-refractivity contribution in [2.75, 3.05) is 0 Å². The molecule has 1 atom stereocenters. The fraction of sp³-hybridized carbons (Fsp3) is 0.588. The average molecular weight is 353 g/mol. The summed E-state index contributed by atoms with van der Waals surface area (Å²) in [6, 6.07) is 8.76. The third-order valence-electron chi connectivity index (χ3n) is 4.41. The Morgan fingerprint density at radius 3 is 2.62 bits per heavy atom. The zero-order valence-electron chi connectivity index (χ0n) is 12.6. The summed E-state index contributed by atoms with van der Waals surface area (Å²) in [5.74, 6) is 0.230. The highest BCUT2D eigenvalue weighted by Gasteiger charge is 2.24. The van der Waals surface area contributed by atoms with Gasteiger partial charge < -0.3 is 11.1 Å². The van der Waals surface area contributed by atoms with Crippen LogP contribution in [0.25, 0.3) is 0 Å². The Kier molecular flexibility index (Phi) is 6.24. The molecule has 1 aromatic rings. The molecule has 3 nitrogen and oxygen atoms in total. The second kappa shape index (κ2) is 7.95. The molecule has 0 radical (unpaired) electrons. The van der Waals surface area contributed by atoms with Crippen molar-refractivity contribution in [2.45, 2.75) is 57.5 Å². The third kappa shape index (κ3) is 4.82. The molecule has 2 rings (SSSR count). The van der Waals surface area contributed by atoms with E-state index < -0.39 is 0 Å². The zero-order valence-corrected chi connectivity index (χ0v) is 14.2. The lowest BCUT2D eigenvalue weighted by atomic mass is 9.90. The van der Waals surface area contributed by atoms with Crippen LogP contribution in [0.5, 0.6) is 0 Å². The summed E-state index contributed by atoms with van der Waals surface area (Å²) in [6.07, 6.45) is 5.71. The highest BCUT2D eigenvalue weighted by molar-refractivity contribution is 9.10. The van der Waals surface area contributed by atoms with E-state index in [1.165, 1.54) is 5.56 Å². The second-order valence-electron chi connectivity index (χ2n) is 6.02. The number of carbonyl (C=O) groups excluding carboxylic acids is 1. The molecule has 3 N–H and O–H groups in total. The summed E-state index contributed by atoms with van der Waals surface area (Å²) >= 11 is 3.56. The van der Waals surface area contributed by atoms with E-state index >= 15 is 0 Å². The summed E-state index contributed by atoms with van der Waals surface area (Å²) in [6.45, 7) is 2.08. The van der Waals surface area contributed by atoms with E-state index in [9.17, 15) is 4.79 Å². The maximum Gasteiger partial charge on any atom is 0.223 e. The molecule has 0 aromatic heterocycles. The monoisotopic (exact) mass is 352 g/mol. The number of rotatable bonds is 5. The Labute approximate surface area is 135 Å². The van der Waals surface area contributed by atoms with Crippen LogP contribution in [0.15, 0.2) is 28.7 Å². The summed E-state index contributed by atoms with van der Waals surface area (Å²) in [7, 11) is 0. The molecular formula is C17H25BrN2O. The fourth-order valence-corrected chi connectivity index (χ4v) is 3.38. The van der Waals surface area contributed by atoms with Gasteiger partial charge in [-0.2, -0.15) is 0 Å². The van der Waals surface area contributed by atoms with E-state index in [2.05, 4.69) is 34.2 Å². The summed E-state index contributed by atoms with van der Waals surface area (Å²) < 4.78 is 1.08. The number of benzene rings is 1. The van der Waals surface area contributed by atoms with Crippen molar-refractivity contribution in [3.8, 4) is 0 Å². The maximum absolute atomic E-state index is 12.5. The zero-order chi connectivity index (χ0) is 15.2. The molecule has 1 aromatic carbocycles. The van der Waals surface area contributed by atoms with Crippen molar-refractivity contribution in [2.24, 2.45) is 11.7 Å². The highest BCUT2D eigenvalue weighted by atomic mass is 79.9. The Morgan fingerprint density at radius 2 is 2.00 bits per heavy atom. The second-order valence-corrected chi connectivity index (χ2v) is 6.88. The largest absolute Gasteiger partial charge is 0.353 e. The van der Waals surface area contributed by atoms with Crippen molar-refractivity contribution >= 4 is 21.8 Å². The van der Waals surface area contributed by atoms with Gasteiger partial charge in [0.15, 0.2) is 0 Å². The molecule has 1 saturated carbocycles. The molecule has 116 valence electrons. The molecule has 0 saturated heterocycles. The van der Waals surface area contributed by atoms with Gasteiger partial charge >= 0.3 is 0 Å². The number of amides is 1. The van der Waals surface area contributed by atoms with Gasteiger partial charge in [-0.15, -0.1) is 0 Å². The lowest BCUT2D eigenvalue weighted by Crippen LogP contribution is -2.43. The first-order valence-electron chi connectivity index (χ1n) is 7.89. The van der Waals surface area contributed by atoms with Gasteiger partial charge in [0, 0.05) is 22.5 Å². The first kappa shape index (κ1) is 16.5. The molecule has 1 aliphatic rings. The van der Waals surface area contributed by atoms with E-state index in [-0.39, 0.29) is 11.8 Å². The molecule has 1 aliphatic carbocycles. The maximum atomic E-state index is 12.5. The number of hydrogen-bond donors (Lipinski definition) is 2. The van der Waals surface area contributed by atoms with Gasteiger partial charge in [-0.05, 0) is 50.2 Å². The summed E-state index contributed by atoms with van der Waals surface area (Å²) in [5.41, 5.74) is 7.11. The van der Waals surface area contributed by atoms with Crippen molar-refractivity contribution in [3.05, 3.63) is 34.3 Å². The standard InChI is InChI=1S/C17H25BrN2O/c1-2-12(11-13-5-3-4-6-16(13)18)17(21)20-15-9-7-14(19)8-10-15/h3-6,12,14-15H,2,7-11,19H2,1H3,(H,20,21). The minimum absolute atomic E-state index is 0.0410. The van der Waals surface area contributed by atoms with Crippen LogP contribution >= 0.6 is 15.9 Å². The number of nitrogens with two attached hydrogens (primary N) is 1. The predicted molar refractivity (Wildman–Crippen MR) is 90.0 cm³/mol. The topological polar surface area (TPSA) is 55.1 Å². The molecule has 1 fully saturated rings. The molecule has 0 spiro atoms. The smallest absolute Gasteiger partial charge is 0.223 e. The van der Waals surface area contributed by atoms with Gasteiger partial charge in [0.1, 0.15) is 0 Å². The Hall–Kier alpha value is -0.870. The van der Waals surface area contributed by atoms with Crippen LogP contribution in [0.1, 0.15) is 44.6 Å². The van der Waals surface area contributed by atoms with Gasteiger partial charge in [0.2, 0.25) is 5.91 Å². The van der Waals surface area contributed by atoms with Crippen molar-refractivity contribution in [3.63, 3.8) is 0 Å². The average Bonchev–Trinajstić information content (AvgIpc) is 2.48. The van der Waals surface area contributed by atoms with Gasteiger partial charge in [-0.25, -0.2) is 0 Å².